The molecule has 0 saturated carbocycles. The summed E-state index contributed by atoms with van der Waals surface area (Å²) in [5.41, 5.74) is -1.68. The highest BCUT2D eigenvalue weighted by molar-refractivity contribution is 6.35. The Bertz CT molecular complexity index is 884. The Morgan fingerprint density at radius 1 is 1.36 bits per heavy atom. The zero-order chi connectivity index (χ0) is 20.5. The van der Waals surface area contributed by atoms with Gasteiger partial charge in [0.15, 0.2) is 11.5 Å². The molecule has 1 heterocycles. The van der Waals surface area contributed by atoms with Crippen molar-refractivity contribution in [3.63, 3.8) is 0 Å². The van der Waals surface area contributed by atoms with Crippen molar-refractivity contribution in [3.05, 3.63) is 62.9 Å². The summed E-state index contributed by atoms with van der Waals surface area (Å²) in [6, 6.07) is 6.47. The number of pyridine rings is 1. The van der Waals surface area contributed by atoms with Crippen LogP contribution in [0.5, 0.6) is 0 Å². The van der Waals surface area contributed by atoms with Crippen LogP contribution in [-0.2, 0) is 27.2 Å². The second kappa shape index (κ2) is 8.07. The SMILES string of the molecule is COCC1(O)CCC(F)(C(=O)CCc2c(C)cc(Cl)cc2Cl)c2cccnc21. The molecule has 0 bridgehead atoms. The van der Waals surface area contributed by atoms with Crippen molar-refractivity contribution in [3.8, 4) is 0 Å². The molecule has 1 N–H and O–H groups in total. The number of alkyl halides is 1. The van der Waals surface area contributed by atoms with E-state index >= 15 is 4.39 Å². The molecule has 0 spiro atoms. The first-order valence-electron chi connectivity index (χ1n) is 9.05. The molecule has 0 amide bonds. The van der Waals surface area contributed by atoms with Crippen LogP contribution in [0.4, 0.5) is 4.39 Å². The van der Waals surface area contributed by atoms with Gasteiger partial charge in [0.05, 0.1) is 12.3 Å². The molecule has 2 aromatic rings. The lowest BCUT2D eigenvalue weighted by Crippen LogP contribution is -2.45. The van der Waals surface area contributed by atoms with E-state index in [0.717, 1.165) is 11.1 Å². The van der Waals surface area contributed by atoms with Gasteiger partial charge in [0.1, 0.15) is 5.60 Å². The highest BCUT2D eigenvalue weighted by Gasteiger charge is 2.51. The molecule has 7 heteroatoms. The number of ether oxygens (including phenoxy) is 1. The van der Waals surface area contributed by atoms with E-state index in [0.29, 0.717) is 16.5 Å². The normalized spacial score (nSPS) is 24.1. The second-order valence-electron chi connectivity index (χ2n) is 7.27. The summed E-state index contributed by atoms with van der Waals surface area (Å²) < 4.78 is 21.0. The minimum Gasteiger partial charge on any atom is -0.381 e. The average molecular weight is 426 g/mol. The molecule has 1 aliphatic rings. The van der Waals surface area contributed by atoms with E-state index < -0.39 is 17.1 Å². The first-order chi connectivity index (χ1) is 13.2. The van der Waals surface area contributed by atoms with Crippen molar-refractivity contribution >= 4 is 29.0 Å². The molecule has 3 rings (SSSR count). The summed E-state index contributed by atoms with van der Waals surface area (Å²) in [6.07, 6.45) is 1.69. The van der Waals surface area contributed by atoms with Crippen LogP contribution >= 0.6 is 23.2 Å². The third-order valence-corrected chi connectivity index (χ3v) is 5.92. The van der Waals surface area contributed by atoms with E-state index in [4.69, 9.17) is 27.9 Å². The topological polar surface area (TPSA) is 59.4 Å². The molecule has 2 unspecified atom stereocenters. The molecule has 0 saturated heterocycles. The number of fused-ring (bicyclic) bond motifs is 1. The molecule has 0 fully saturated rings. The van der Waals surface area contributed by atoms with Crippen LogP contribution < -0.4 is 0 Å². The fourth-order valence-corrected chi connectivity index (χ4v) is 4.57. The van der Waals surface area contributed by atoms with E-state index in [9.17, 15) is 9.90 Å². The Morgan fingerprint density at radius 2 is 2.11 bits per heavy atom. The predicted molar refractivity (Wildman–Crippen MR) is 107 cm³/mol. The summed E-state index contributed by atoms with van der Waals surface area (Å²) in [6.45, 7) is 1.84. The number of aryl methyl sites for hydroxylation is 1. The first kappa shape index (κ1) is 21.2. The zero-order valence-corrected chi connectivity index (χ0v) is 17.3. The number of hydrogen-bond donors (Lipinski definition) is 1. The van der Waals surface area contributed by atoms with Gasteiger partial charge < -0.3 is 9.84 Å². The van der Waals surface area contributed by atoms with Gasteiger partial charge in [-0.1, -0.05) is 29.3 Å². The molecule has 1 aromatic carbocycles. The Balaban J connectivity index is 1.87. The van der Waals surface area contributed by atoms with E-state index in [1.54, 1.807) is 18.2 Å². The van der Waals surface area contributed by atoms with Crippen LogP contribution in [0, 0.1) is 6.92 Å². The van der Waals surface area contributed by atoms with Gasteiger partial charge in [-0.05, 0) is 55.5 Å². The van der Waals surface area contributed by atoms with E-state index in [1.807, 2.05) is 6.92 Å². The smallest absolute Gasteiger partial charge is 0.195 e. The monoisotopic (exact) mass is 425 g/mol. The number of methoxy groups -OCH3 is 1. The lowest BCUT2D eigenvalue weighted by atomic mass is 9.72. The van der Waals surface area contributed by atoms with Crippen LogP contribution in [0.1, 0.15) is 41.6 Å². The van der Waals surface area contributed by atoms with Crippen LogP contribution in [0.25, 0.3) is 0 Å². The molecule has 0 aliphatic heterocycles. The molecule has 0 radical (unpaired) electrons. The largest absolute Gasteiger partial charge is 0.381 e. The van der Waals surface area contributed by atoms with Gasteiger partial charge in [0.2, 0.25) is 0 Å². The third-order valence-electron chi connectivity index (χ3n) is 5.37. The number of halogens is 3. The van der Waals surface area contributed by atoms with E-state index in [1.165, 1.54) is 19.4 Å². The molecular formula is C21H22Cl2FNO3. The number of ketones is 1. The lowest BCUT2D eigenvalue weighted by molar-refractivity contribution is -0.136. The lowest BCUT2D eigenvalue weighted by Gasteiger charge is -2.39. The molecular weight excluding hydrogens is 404 g/mol. The summed E-state index contributed by atoms with van der Waals surface area (Å²) in [5, 5.41) is 11.8. The third kappa shape index (κ3) is 3.81. The van der Waals surface area contributed by atoms with Gasteiger partial charge in [-0.25, -0.2) is 4.39 Å². The average Bonchev–Trinajstić information content (AvgIpc) is 2.64. The number of carbonyl (C=O) groups excluding carboxylic acids is 1. The zero-order valence-electron chi connectivity index (χ0n) is 15.8. The second-order valence-corrected chi connectivity index (χ2v) is 8.12. The van der Waals surface area contributed by atoms with Gasteiger partial charge in [-0.2, -0.15) is 0 Å². The summed E-state index contributed by atoms with van der Waals surface area (Å²) in [5.74, 6) is -0.549. The maximum absolute atomic E-state index is 15.9. The van der Waals surface area contributed by atoms with Crippen LogP contribution in [-0.4, -0.2) is 29.6 Å². The minimum absolute atomic E-state index is 0.0130. The standard InChI is InChI=1S/C21H22Cl2FNO3/c1-13-10-14(22)11-17(23)15(13)5-6-18(26)21(24)8-7-20(27,12-28-2)19-16(21)4-3-9-25-19/h3-4,9-11,27H,5-8,12H2,1-2H3. The highest BCUT2D eigenvalue weighted by Crippen LogP contribution is 2.46. The Labute approximate surface area is 173 Å². The summed E-state index contributed by atoms with van der Waals surface area (Å²) in [4.78, 5) is 17.1. The van der Waals surface area contributed by atoms with Crippen LogP contribution in [0.15, 0.2) is 30.5 Å². The Morgan fingerprint density at radius 3 is 2.79 bits per heavy atom. The van der Waals surface area contributed by atoms with E-state index in [-0.39, 0.29) is 37.1 Å². The maximum atomic E-state index is 15.9. The number of aromatic nitrogens is 1. The van der Waals surface area contributed by atoms with Gasteiger partial charge in [-0.15, -0.1) is 0 Å². The molecule has 1 aliphatic carbocycles. The number of nitrogens with zero attached hydrogens (tertiary/aromatic N) is 1. The minimum atomic E-state index is -2.20. The van der Waals surface area contributed by atoms with Crippen molar-refractivity contribution in [1.29, 1.82) is 0 Å². The first-order valence-corrected chi connectivity index (χ1v) is 9.81. The highest BCUT2D eigenvalue weighted by atomic mass is 35.5. The van der Waals surface area contributed by atoms with Gasteiger partial charge in [0.25, 0.3) is 0 Å². The number of carbonyl (C=O) groups is 1. The van der Waals surface area contributed by atoms with Crippen molar-refractivity contribution in [2.45, 2.75) is 43.9 Å². The molecule has 150 valence electrons. The van der Waals surface area contributed by atoms with Crippen LogP contribution in [0.3, 0.4) is 0 Å². The molecule has 28 heavy (non-hydrogen) atoms. The Hall–Kier alpha value is -1.53. The number of rotatable bonds is 6. The number of Topliss-reactive ketones (excluding diaryl/α,β-unsaturated/α-hetero) is 1. The van der Waals surface area contributed by atoms with Crippen molar-refractivity contribution in [1.82, 2.24) is 4.98 Å². The number of hydrogen-bond acceptors (Lipinski definition) is 4. The Kier molecular flexibility index (Phi) is 6.11. The van der Waals surface area contributed by atoms with E-state index in [2.05, 4.69) is 4.98 Å². The van der Waals surface area contributed by atoms with Crippen LogP contribution in [0.2, 0.25) is 10.0 Å². The number of benzene rings is 1. The molecule has 1 aromatic heterocycles. The molecule has 2 atom stereocenters. The van der Waals surface area contributed by atoms with Gasteiger partial charge >= 0.3 is 0 Å². The van der Waals surface area contributed by atoms with Gasteiger partial charge in [-0.3, -0.25) is 9.78 Å². The van der Waals surface area contributed by atoms with Gasteiger partial charge in [0, 0.05) is 35.3 Å². The fourth-order valence-electron chi connectivity index (χ4n) is 3.88. The predicted octanol–water partition coefficient (Wildman–Crippen LogP) is 4.69. The summed E-state index contributed by atoms with van der Waals surface area (Å²) in [7, 11) is 1.46. The number of aliphatic hydroxyl groups is 1. The van der Waals surface area contributed by atoms with Crippen molar-refractivity contribution < 1.29 is 19.0 Å². The molecule has 4 nitrogen and oxygen atoms in total. The quantitative estimate of drug-likeness (QED) is 0.728. The van der Waals surface area contributed by atoms with Crippen molar-refractivity contribution in [2.24, 2.45) is 0 Å². The fraction of sp³-hybridized carbons (Fsp3) is 0.429. The van der Waals surface area contributed by atoms with Crippen molar-refractivity contribution in [2.75, 3.05) is 13.7 Å². The summed E-state index contributed by atoms with van der Waals surface area (Å²) >= 11 is 12.2. The maximum Gasteiger partial charge on any atom is 0.195 e.